The summed E-state index contributed by atoms with van der Waals surface area (Å²) in [7, 11) is 0. The average Bonchev–Trinajstić information content (AvgIpc) is 3.07. The molecule has 7 heteroatoms. The Morgan fingerprint density at radius 3 is 2.81 bits per heavy atom. The largest absolute Gasteiger partial charge is 0.353 e. The van der Waals surface area contributed by atoms with Crippen molar-refractivity contribution in [1.82, 2.24) is 19.6 Å². The van der Waals surface area contributed by atoms with Gasteiger partial charge in [-0.15, -0.1) is 0 Å². The summed E-state index contributed by atoms with van der Waals surface area (Å²) in [5.41, 5.74) is 1.95. The van der Waals surface area contributed by atoms with E-state index in [-0.39, 0.29) is 11.8 Å². The van der Waals surface area contributed by atoms with E-state index >= 15 is 0 Å². The molecule has 3 aromatic rings. The maximum Gasteiger partial charge on any atom is 0.274 e. The molecule has 0 saturated carbocycles. The molecule has 4 rings (SSSR count). The van der Waals surface area contributed by atoms with Crippen LogP contribution in [0.15, 0.2) is 54.9 Å². The molecule has 0 spiro atoms. The van der Waals surface area contributed by atoms with Gasteiger partial charge < -0.3 is 14.6 Å². The molecule has 1 fully saturated rings. The average molecular weight is 369 g/mol. The van der Waals surface area contributed by atoms with Crippen molar-refractivity contribution in [1.29, 1.82) is 0 Å². The first-order valence-corrected chi connectivity index (χ1v) is 8.76. The zero-order valence-corrected chi connectivity index (χ0v) is 14.7. The van der Waals surface area contributed by atoms with Gasteiger partial charge >= 0.3 is 0 Å². The van der Waals surface area contributed by atoms with Crippen molar-refractivity contribution >= 4 is 29.1 Å². The van der Waals surface area contributed by atoms with Crippen molar-refractivity contribution < 1.29 is 9.59 Å². The summed E-state index contributed by atoms with van der Waals surface area (Å²) in [5, 5.41) is 3.41. The molecule has 0 bridgehead atoms. The van der Waals surface area contributed by atoms with Gasteiger partial charge in [-0.25, -0.2) is 4.98 Å². The second kappa shape index (κ2) is 6.80. The van der Waals surface area contributed by atoms with Crippen molar-refractivity contribution in [2.24, 2.45) is 0 Å². The molecule has 1 unspecified atom stereocenters. The number of benzene rings is 1. The van der Waals surface area contributed by atoms with Crippen molar-refractivity contribution in [3.05, 3.63) is 71.1 Å². The molecule has 1 aromatic carbocycles. The minimum atomic E-state index is -0.549. The lowest BCUT2D eigenvalue weighted by Gasteiger charge is -2.34. The van der Waals surface area contributed by atoms with Gasteiger partial charge in [-0.05, 0) is 17.7 Å². The summed E-state index contributed by atoms with van der Waals surface area (Å²) in [6.45, 7) is 0.895. The second-order valence-electron chi connectivity index (χ2n) is 6.23. The Kier molecular flexibility index (Phi) is 4.34. The topological polar surface area (TPSA) is 66.7 Å². The first-order valence-electron chi connectivity index (χ1n) is 8.39. The molecule has 2 aromatic heterocycles. The Balaban J connectivity index is 1.63. The van der Waals surface area contributed by atoms with Gasteiger partial charge in [0.15, 0.2) is 0 Å². The van der Waals surface area contributed by atoms with Crippen LogP contribution in [0.1, 0.15) is 16.1 Å². The summed E-state index contributed by atoms with van der Waals surface area (Å²) in [5.74, 6) is -0.388. The molecular weight excluding hydrogens is 352 g/mol. The van der Waals surface area contributed by atoms with Crippen LogP contribution in [-0.2, 0) is 11.2 Å². The molecular formula is C19H17ClN4O2. The molecule has 0 aliphatic carbocycles. The van der Waals surface area contributed by atoms with Crippen LogP contribution < -0.4 is 5.32 Å². The summed E-state index contributed by atoms with van der Waals surface area (Å²) in [6, 6.07) is 12.6. The molecule has 1 saturated heterocycles. The molecule has 132 valence electrons. The van der Waals surface area contributed by atoms with Crippen LogP contribution in [0.25, 0.3) is 5.65 Å². The maximum absolute atomic E-state index is 13.0. The fourth-order valence-corrected chi connectivity index (χ4v) is 3.38. The molecule has 6 nitrogen and oxygen atoms in total. The lowest BCUT2D eigenvalue weighted by molar-refractivity contribution is -0.127. The SMILES string of the molecule is O=C1NCCN(C(=O)c2cn3cc(Cl)ccc3n2)C1Cc1ccccc1. The van der Waals surface area contributed by atoms with Gasteiger partial charge in [-0.1, -0.05) is 41.9 Å². The number of halogens is 1. The van der Waals surface area contributed by atoms with E-state index in [0.29, 0.717) is 35.9 Å². The zero-order chi connectivity index (χ0) is 18.1. The van der Waals surface area contributed by atoms with Crippen molar-refractivity contribution in [3.8, 4) is 0 Å². The van der Waals surface area contributed by atoms with Crippen LogP contribution in [0.3, 0.4) is 0 Å². The summed E-state index contributed by atoms with van der Waals surface area (Å²) >= 11 is 5.99. The highest BCUT2D eigenvalue weighted by atomic mass is 35.5. The number of amides is 2. The van der Waals surface area contributed by atoms with E-state index in [2.05, 4.69) is 10.3 Å². The number of hydrogen-bond acceptors (Lipinski definition) is 3. The Labute approximate surface area is 155 Å². The Morgan fingerprint density at radius 2 is 2.00 bits per heavy atom. The molecule has 1 N–H and O–H groups in total. The highest BCUT2D eigenvalue weighted by Crippen LogP contribution is 2.17. The van der Waals surface area contributed by atoms with Crippen LogP contribution in [0.2, 0.25) is 5.02 Å². The third kappa shape index (κ3) is 3.15. The summed E-state index contributed by atoms with van der Waals surface area (Å²) in [6.07, 6.45) is 3.82. The van der Waals surface area contributed by atoms with Crippen LogP contribution in [0.4, 0.5) is 0 Å². The van der Waals surface area contributed by atoms with E-state index < -0.39 is 6.04 Å². The Morgan fingerprint density at radius 1 is 1.19 bits per heavy atom. The quantitative estimate of drug-likeness (QED) is 0.770. The molecule has 1 atom stereocenters. The predicted octanol–water partition coefficient (Wildman–Crippen LogP) is 2.17. The van der Waals surface area contributed by atoms with Crippen molar-refractivity contribution in [3.63, 3.8) is 0 Å². The fourth-order valence-electron chi connectivity index (χ4n) is 3.21. The molecule has 1 aliphatic heterocycles. The van der Waals surface area contributed by atoms with E-state index in [1.165, 1.54) is 0 Å². The van der Waals surface area contributed by atoms with Gasteiger partial charge in [0.2, 0.25) is 5.91 Å². The number of imidazole rings is 1. The van der Waals surface area contributed by atoms with E-state index in [1.807, 2.05) is 30.3 Å². The summed E-state index contributed by atoms with van der Waals surface area (Å²) < 4.78 is 1.71. The highest BCUT2D eigenvalue weighted by Gasteiger charge is 2.34. The molecule has 26 heavy (non-hydrogen) atoms. The molecule has 0 radical (unpaired) electrons. The van der Waals surface area contributed by atoms with E-state index in [4.69, 9.17) is 11.6 Å². The second-order valence-corrected chi connectivity index (χ2v) is 6.67. The van der Waals surface area contributed by atoms with E-state index in [9.17, 15) is 9.59 Å². The standard InChI is InChI=1S/C19H17ClN4O2/c20-14-6-7-17-22-15(12-23(17)11-14)19(26)24-9-8-21-18(25)16(24)10-13-4-2-1-3-5-13/h1-7,11-12,16H,8-10H2,(H,21,25). The normalized spacial score (nSPS) is 17.3. The lowest BCUT2D eigenvalue weighted by atomic mass is 10.0. The maximum atomic E-state index is 13.0. The number of piperazine rings is 1. The predicted molar refractivity (Wildman–Crippen MR) is 98.2 cm³/mol. The number of rotatable bonds is 3. The molecule has 3 heterocycles. The Hall–Kier alpha value is -2.86. The first-order chi connectivity index (χ1) is 12.6. The number of pyridine rings is 1. The highest BCUT2D eigenvalue weighted by molar-refractivity contribution is 6.30. The number of carbonyl (C=O) groups is 2. The third-order valence-corrected chi connectivity index (χ3v) is 4.72. The van der Waals surface area contributed by atoms with Crippen LogP contribution in [0.5, 0.6) is 0 Å². The number of hydrogen-bond donors (Lipinski definition) is 1. The van der Waals surface area contributed by atoms with E-state index in [0.717, 1.165) is 5.56 Å². The monoisotopic (exact) mass is 368 g/mol. The molecule has 2 amide bonds. The van der Waals surface area contributed by atoms with Gasteiger partial charge in [-0.2, -0.15) is 0 Å². The van der Waals surface area contributed by atoms with Gasteiger partial charge in [0.05, 0.1) is 5.02 Å². The van der Waals surface area contributed by atoms with Crippen LogP contribution >= 0.6 is 11.6 Å². The van der Waals surface area contributed by atoms with Crippen LogP contribution in [0, 0.1) is 0 Å². The van der Waals surface area contributed by atoms with Gasteiger partial charge in [0.1, 0.15) is 17.4 Å². The summed E-state index contributed by atoms with van der Waals surface area (Å²) in [4.78, 5) is 31.4. The van der Waals surface area contributed by atoms with Gasteiger partial charge in [0, 0.05) is 31.9 Å². The minimum Gasteiger partial charge on any atom is -0.353 e. The number of fused-ring (bicyclic) bond motifs is 1. The van der Waals surface area contributed by atoms with Gasteiger partial charge in [0.25, 0.3) is 5.91 Å². The number of carbonyl (C=O) groups excluding carboxylic acids is 2. The van der Waals surface area contributed by atoms with Crippen molar-refractivity contribution in [2.45, 2.75) is 12.5 Å². The number of nitrogens with zero attached hydrogens (tertiary/aromatic N) is 3. The molecule has 1 aliphatic rings. The fraction of sp³-hybridized carbons (Fsp3) is 0.211. The first kappa shape index (κ1) is 16.6. The smallest absolute Gasteiger partial charge is 0.274 e. The number of nitrogens with one attached hydrogen (secondary N) is 1. The third-order valence-electron chi connectivity index (χ3n) is 4.50. The lowest BCUT2D eigenvalue weighted by Crippen LogP contribution is -2.58. The van der Waals surface area contributed by atoms with Gasteiger partial charge in [-0.3, -0.25) is 9.59 Å². The Bertz CT molecular complexity index is 970. The zero-order valence-electron chi connectivity index (χ0n) is 13.9. The van der Waals surface area contributed by atoms with E-state index in [1.54, 1.807) is 33.8 Å². The van der Waals surface area contributed by atoms with Crippen LogP contribution in [-0.4, -0.2) is 45.2 Å². The minimum absolute atomic E-state index is 0.139. The number of aromatic nitrogens is 2. The van der Waals surface area contributed by atoms with Crippen molar-refractivity contribution in [2.75, 3.05) is 13.1 Å².